The largest absolute Gasteiger partial charge is 0.380 e. The number of nitrogens with one attached hydrogen (secondary N) is 1. The van der Waals surface area contributed by atoms with Gasteiger partial charge in [0.15, 0.2) is 0 Å². The van der Waals surface area contributed by atoms with Crippen molar-refractivity contribution in [3.8, 4) is 11.1 Å². The molecule has 3 rings (SSSR count). The third kappa shape index (κ3) is 2.60. The quantitative estimate of drug-likeness (QED) is 0.626. The van der Waals surface area contributed by atoms with E-state index in [9.17, 15) is 5.11 Å². The summed E-state index contributed by atoms with van der Waals surface area (Å²) in [7, 11) is 0. The first-order chi connectivity index (χ1) is 10.8. The Balaban J connectivity index is 1.80. The maximum atomic E-state index is 11.4. The molecule has 0 saturated heterocycles. The lowest BCUT2D eigenvalue weighted by Gasteiger charge is -2.26. The van der Waals surface area contributed by atoms with Crippen molar-refractivity contribution in [2.75, 3.05) is 13.1 Å². The van der Waals surface area contributed by atoms with E-state index in [2.05, 4.69) is 35.7 Å². The Bertz CT molecular complexity index is 629. The second kappa shape index (κ2) is 6.47. The molecule has 2 aromatic carbocycles. The van der Waals surface area contributed by atoms with Crippen LogP contribution in [0.25, 0.3) is 11.1 Å². The monoisotopic (exact) mass is 293 g/mol. The minimum absolute atomic E-state index is 0.740. The van der Waals surface area contributed by atoms with E-state index in [1.807, 2.05) is 37.3 Å². The molecule has 2 nitrogen and oxygen atoms in total. The lowest BCUT2D eigenvalue weighted by atomic mass is 9.87. The molecule has 2 aromatic rings. The minimum Gasteiger partial charge on any atom is -0.380 e. The zero-order valence-corrected chi connectivity index (χ0v) is 13.0. The van der Waals surface area contributed by atoms with Gasteiger partial charge in [0.1, 0.15) is 5.60 Å². The Morgan fingerprint density at radius 3 is 2.18 bits per heavy atom. The van der Waals surface area contributed by atoms with Crippen molar-refractivity contribution >= 4 is 0 Å². The minimum atomic E-state index is -0.852. The molecule has 0 unspecified atom stereocenters. The van der Waals surface area contributed by atoms with Crippen molar-refractivity contribution in [1.29, 1.82) is 0 Å². The second-order valence-electron chi connectivity index (χ2n) is 5.83. The summed E-state index contributed by atoms with van der Waals surface area (Å²) in [5.41, 5.74) is 3.58. The van der Waals surface area contributed by atoms with Crippen LogP contribution in [-0.4, -0.2) is 18.2 Å². The van der Waals surface area contributed by atoms with E-state index >= 15 is 0 Å². The van der Waals surface area contributed by atoms with E-state index in [4.69, 9.17) is 0 Å². The fourth-order valence-corrected chi connectivity index (χ4v) is 3.34. The van der Waals surface area contributed by atoms with Crippen LogP contribution in [0.3, 0.4) is 0 Å². The van der Waals surface area contributed by atoms with Gasteiger partial charge in [-0.3, -0.25) is 0 Å². The van der Waals surface area contributed by atoms with Gasteiger partial charge in [0.2, 0.25) is 0 Å². The second-order valence-corrected chi connectivity index (χ2v) is 5.83. The molecular weight excluding hydrogens is 270 g/mol. The van der Waals surface area contributed by atoms with Gasteiger partial charge in [0.05, 0.1) is 0 Å². The van der Waals surface area contributed by atoms with Crippen molar-refractivity contribution < 1.29 is 5.11 Å². The number of fused-ring (bicyclic) bond motifs is 3. The van der Waals surface area contributed by atoms with Crippen molar-refractivity contribution in [2.45, 2.75) is 25.4 Å². The molecule has 22 heavy (non-hydrogen) atoms. The summed E-state index contributed by atoms with van der Waals surface area (Å²) in [4.78, 5) is 0. The standard InChI is InChI=1S/C20H23NO/c1-2-3-14-21-15-8-13-20(22)18-11-6-4-9-16(18)17-10-5-7-12-19(17)20/h2-7,9-12,21-22H,8,13-15H2,1H3. The Morgan fingerprint density at radius 2 is 1.59 bits per heavy atom. The zero-order valence-electron chi connectivity index (χ0n) is 13.0. The first-order valence-corrected chi connectivity index (χ1v) is 8.01. The Labute approximate surface area is 132 Å². The van der Waals surface area contributed by atoms with E-state index in [1.165, 1.54) is 11.1 Å². The van der Waals surface area contributed by atoms with E-state index in [0.717, 1.165) is 37.1 Å². The van der Waals surface area contributed by atoms with Gasteiger partial charge in [-0.1, -0.05) is 60.7 Å². The molecule has 2 heteroatoms. The van der Waals surface area contributed by atoms with Crippen molar-refractivity contribution in [3.63, 3.8) is 0 Å². The lowest BCUT2D eigenvalue weighted by Crippen LogP contribution is -2.26. The number of aliphatic hydroxyl groups is 1. The van der Waals surface area contributed by atoms with Crippen LogP contribution in [0.15, 0.2) is 60.7 Å². The summed E-state index contributed by atoms with van der Waals surface area (Å²) < 4.78 is 0. The first kappa shape index (κ1) is 15.0. The van der Waals surface area contributed by atoms with Crippen LogP contribution in [0.2, 0.25) is 0 Å². The molecule has 0 spiro atoms. The molecule has 0 atom stereocenters. The average molecular weight is 293 g/mol. The van der Waals surface area contributed by atoms with Crippen LogP contribution < -0.4 is 5.32 Å². The third-order valence-electron chi connectivity index (χ3n) is 4.43. The van der Waals surface area contributed by atoms with Crippen molar-refractivity contribution in [1.82, 2.24) is 5.32 Å². The molecule has 0 amide bonds. The van der Waals surface area contributed by atoms with Gasteiger partial charge in [0, 0.05) is 6.54 Å². The molecule has 0 saturated carbocycles. The summed E-state index contributed by atoms with van der Waals surface area (Å²) in [6.07, 6.45) is 5.83. The van der Waals surface area contributed by atoms with Crippen molar-refractivity contribution in [2.24, 2.45) is 0 Å². The van der Waals surface area contributed by atoms with Crippen molar-refractivity contribution in [3.05, 3.63) is 71.8 Å². The molecule has 1 aliphatic carbocycles. The van der Waals surface area contributed by atoms with E-state index in [0.29, 0.717) is 0 Å². The molecule has 0 radical (unpaired) electrons. The van der Waals surface area contributed by atoms with Crippen LogP contribution >= 0.6 is 0 Å². The van der Waals surface area contributed by atoms with E-state index in [-0.39, 0.29) is 0 Å². The molecule has 0 aromatic heterocycles. The number of rotatable bonds is 6. The highest BCUT2D eigenvalue weighted by atomic mass is 16.3. The SMILES string of the molecule is CC=CCNCCCC1(O)c2ccccc2-c2ccccc21. The highest BCUT2D eigenvalue weighted by molar-refractivity contribution is 5.79. The number of benzene rings is 2. The normalized spacial score (nSPS) is 15.0. The first-order valence-electron chi connectivity index (χ1n) is 8.01. The lowest BCUT2D eigenvalue weighted by molar-refractivity contribution is 0.0736. The van der Waals surface area contributed by atoms with Gasteiger partial charge in [-0.05, 0) is 48.6 Å². The summed E-state index contributed by atoms with van der Waals surface area (Å²) in [5.74, 6) is 0. The molecule has 0 bridgehead atoms. The van der Waals surface area contributed by atoms with Crippen LogP contribution in [0, 0.1) is 0 Å². The van der Waals surface area contributed by atoms with Gasteiger partial charge < -0.3 is 10.4 Å². The summed E-state index contributed by atoms with van der Waals surface area (Å²) in [6.45, 7) is 3.83. The van der Waals surface area contributed by atoms with Crippen LogP contribution in [0.5, 0.6) is 0 Å². The maximum absolute atomic E-state index is 11.4. The molecule has 0 fully saturated rings. The van der Waals surface area contributed by atoms with Crippen LogP contribution in [0.1, 0.15) is 30.9 Å². The fraction of sp³-hybridized carbons (Fsp3) is 0.300. The number of hydrogen-bond donors (Lipinski definition) is 2. The molecular formula is C20H23NO. The summed E-state index contributed by atoms with van der Waals surface area (Å²) in [6, 6.07) is 16.4. The van der Waals surface area contributed by atoms with E-state index in [1.54, 1.807) is 0 Å². The highest BCUT2D eigenvalue weighted by Gasteiger charge is 2.40. The van der Waals surface area contributed by atoms with Crippen LogP contribution in [0.4, 0.5) is 0 Å². The smallest absolute Gasteiger partial charge is 0.116 e. The van der Waals surface area contributed by atoms with Gasteiger partial charge in [-0.15, -0.1) is 0 Å². The fourth-order valence-electron chi connectivity index (χ4n) is 3.34. The summed E-state index contributed by atoms with van der Waals surface area (Å²) >= 11 is 0. The molecule has 114 valence electrons. The number of allylic oxidation sites excluding steroid dienone is 1. The predicted molar refractivity (Wildman–Crippen MR) is 91.8 cm³/mol. The maximum Gasteiger partial charge on any atom is 0.116 e. The highest BCUT2D eigenvalue weighted by Crippen LogP contribution is 2.49. The average Bonchev–Trinajstić information content (AvgIpc) is 2.82. The third-order valence-corrected chi connectivity index (χ3v) is 4.43. The van der Waals surface area contributed by atoms with Gasteiger partial charge in [-0.2, -0.15) is 0 Å². The molecule has 2 N–H and O–H groups in total. The van der Waals surface area contributed by atoms with Gasteiger partial charge in [-0.25, -0.2) is 0 Å². The topological polar surface area (TPSA) is 32.3 Å². The Kier molecular flexibility index (Phi) is 4.41. The van der Waals surface area contributed by atoms with Crippen LogP contribution in [-0.2, 0) is 5.60 Å². The molecule has 0 heterocycles. The molecule has 1 aliphatic rings. The molecule has 0 aliphatic heterocycles. The van der Waals surface area contributed by atoms with E-state index < -0.39 is 5.60 Å². The zero-order chi connectivity index (χ0) is 15.4. The summed E-state index contributed by atoms with van der Waals surface area (Å²) in [5, 5.41) is 14.7. The predicted octanol–water partition coefficient (Wildman–Crippen LogP) is 3.85. The Hall–Kier alpha value is -1.90. The van der Waals surface area contributed by atoms with Gasteiger partial charge in [0.25, 0.3) is 0 Å². The Morgan fingerprint density at radius 1 is 1.00 bits per heavy atom. The van der Waals surface area contributed by atoms with Gasteiger partial charge >= 0.3 is 0 Å². The number of hydrogen-bond acceptors (Lipinski definition) is 2.